The number of fused-ring (bicyclic) bond motifs is 6. The quantitative estimate of drug-likeness (QED) is 0.185. The molecule has 0 radical (unpaired) electrons. The van der Waals surface area contributed by atoms with Gasteiger partial charge in [0, 0.05) is 43.9 Å². The fourth-order valence-electron chi connectivity index (χ4n) is 3.37. The molecule has 0 amide bonds. The average molecular weight is 494 g/mol. The minimum absolute atomic E-state index is 1.30. The van der Waals surface area contributed by atoms with Crippen LogP contribution in [0.25, 0.3) is 40.3 Å². The SMILES string of the molecule is Ic1ccc2sc3ccccc3c2c1.c1ccc2c(c1)sc1ccccc12. The summed E-state index contributed by atoms with van der Waals surface area (Å²) < 4.78 is 6.82. The number of rotatable bonds is 0. The predicted octanol–water partition coefficient (Wildman–Crippen LogP) is 8.71. The molecule has 0 atom stereocenters. The van der Waals surface area contributed by atoms with Crippen molar-refractivity contribution in [3.63, 3.8) is 0 Å². The van der Waals surface area contributed by atoms with Crippen molar-refractivity contribution in [2.24, 2.45) is 0 Å². The highest BCUT2D eigenvalue weighted by atomic mass is 127. The molecule has 0 aliphatic carbocycles. The van der Waals surface area contributed by atoms with Gasteiger partial charge in [0.25, 0.3) is 0 Å². The van der Waals surface area contributed by atoms with Gasteiger partial charge in [-0.1, -0.05) is 54.6 Å². The van der Waals surface area contributed by atoms with Gasteiger partial charge in [-0.25, -0.2) is 0 Å². The van der Waals surface area contributed by atoms with E-state index in [9.17, 15) is 0 Å². The fraction of sp³-hybridized carbons (Fsp3) is 0. The summed E-state index contributed by atoms with van der Waals surface area (Å²) in [6, 6.07) is 32.4. The highest BCUT2D eigenvalue weighted by Crippen LogP contribution is 2.34. The van der Waals surface area contributed by atoms with E-state index in [1.807, 2.05) is 22.7 Å². The molecule has 0 saturated carbocycles. The van der Waals surface area contributed by atoms with Crippen LogP contribution in [-0.2, 0) is 0 Å². The van der Waals surface area contributed by atoms with E-state index >= 15 is 0 Å². The van der Waals surface area contributed by atoms with Gasteiger partial charge in [-0.05, 0) is 59.0 Å². The number of benzene rings is 4. The molecule has 130 valence electrons. The first-order valence-corrected chi connectivity index (χ1v) is 11.4. The number of halogens is 1. The smallest absolute Gasteiger partial charge is 0.0356 e. The maximum absolute atomic E-state index is 2.36. The number of hydrogen-bond donors (Lipinski definition) is 0. The van der Waals surface area contributed by atoms with Gasteiger partial charge in [0.2, 0.25) is 0 Å². The third-order valence-corrected chi connectivity index (χ3v) is 7.60. The normalized spacial score (nSPS) is 11.1. The summed E-state index contributed by atoms with van der Waals surface area (Å²) in [4.78, 5) is 0. The number of hydrogen-bond acceptors (Lipinski definition) is 2. The van der Waals surface area contributed by atoms with Gasteiger partial charge >= 0.3 is 0 Å². The first-order valence-electron chi connectivity index (χ1n) is 8.73. The van der Waals surface area contributed by atoms with Crippen molar-refractivity contribution < 1.29 is 0 Å². The zero-order chi connectivity index (χ0) is 18.2. The highest BCUT2D eigenvalue weighted by molar-refractivity contribution is 14.1. The lowest BCUT2D eigenvalue weighted by Gasteiger charge is -1.91. The predicted molar refractivity (Wildman–Crippen MR) is 131 cm³/mol. The maximum Gasteiger partial charge on any atom is 0.0356 e. The van der Waals surface area contributed by atoms with Crippen LogP contribution < -0.4 is 0 Å². The van der Waals surface area contributed by atoms with E-state index in [0.717, 1.165) is 0 Å². The molecular formula is C24H15IS2. The second kappa shape index (κ2) is 7.23. The van der Waals surface area contributed by atoms with Crippen LogP contribution in [0.1, 0.15) is 0 Å². The molecular weight excluding hydrogens is 479 g/mol. The van der Waals surface area contributed by atoms with Gasteiger partial charge in [-0.2, -0.15) is 0 Å². The van der Waals surface area contributed by atoms with E-state index in [1.165, 1.54) is 43.9 Å². The van der Waals surface area contributed by atoms with Crippen LogP contribution >= 0.6 is 45.3 Å². The first kappa shape index (κ1) is 17.2. The largest absolute Gasteiger partial charge is 0.135 e. The van der Waals surface area contributed by atoms with Crippen molar-refractivity contribution in [3.05, 3.63) is 94.6 Å². The van der Waals surface area contributed by atoms with E-state index in [1.54, 1.807) is 0 Å². The van der Waals surface area contributed by atoms with Crippen LogP contribution in [0, 0.1) is 3.57 Å². The Morgan fingerprint density at radius 1 is 0.444 bits per heavy atom. The molecule has 0 aliphatic rings. The van der Waals surface area contributed by atoms with Gasteiger partial charge in [0.1, 0.15) is 0 Å². The molecule has 2 heterocycles. The molecule has 2 aromatic heterocycles. The van der Waals surface area contributed by atoms with Crippen LogP contribution in [-0.4, -0.2) is 0 Å². The maximum atomic E-state index is 2.36. The van der Waals surface area contributed by atoms with Gasteiger partial charge < -0.3 is 0 Å². The van der Waals surface area contributed by atoms with Crippen LogP contribution in [0.3, 0.4) is 0 Å². The van der Waals surface area contributed by atoms with Crippen molar-refractivity contribution >= 4 is 85.6 Å². The molecule has 3 heteroatoms. The Labute approximate surface area is 179 Å². The molecule has 0 saturated heterocycles. The van der Waals surface area contributed by atoms with Gasteiger partial charge in [-0.15, -0.1) is 22.7 Å². The zero-order valence-electron chi connectivity index (χ0n) is 14.4. The Bertz CT molecular complexity index is 1340. The Balaban J connectivity index is 0.000000119. The first-order chi connectivity index (χ1) is 13.3. The molecule has 6 aromatic rings. The van der Waals surface area contributed by atoms with Crippen LogP contribution in [0.2, 0.25) is 0 Å². The van der Waals surface area contributed by atoms with Crippen molar-refractivity contribution in [2.75, 3.05) is 0 Å². The van der Waals surface area contributed by atoms with Crippen LogP contribution in [0.15, 0.2) is 91.0 Å². The lowest BCUT2D eigenvalue weighted by Crippen LogP contribution is -1.68. The molecule has 0 aliphatic heterocycles. The monoisotopic (exact) mass is 494 g/mol. The Morgan fingerprint density at radius 3 is 1.37 bits per heavy atom. The number of thiophene rings is 2. The highest BCUT2D eigenvalue weighted by Gasteiger charge is 2.03. The lowest BCUT2D eigenvalue weighted by molar-refractivity contribution is 1.76. The van der Waals surface area contributed by atoms with Gasteiger partial charge in [-0.3, -0.25) is 0 Å². The molecule has 0 N–H and O–H groups in total. The van der Waals surface area contributed by atoms with E-state index in [2.05, 4.69) is 114 Å². The molecule has 6 rings (SSSR count). The minimum Gasteiger partial charge on any atom is -0.135 e. The molecule has 27 heavy (non-hydrogen) atoms. The zero-order valence-corrected chi connectivity index (χ0v) is 18.1. The van der Waals surface area contributed by atoms with Gasteiger partial charge in [0.05, 0.1) is 0 Å². The third kappa shape index (κ3) is 3.24. The summed E-state index contributed by atoms with van der Waals surface area (Å²) in [6.07, 6.45) is 0. The summed E-state index contributed by atoms with van der Waals surface area (Å²) in [5.74, 6) is 0. The minimum atomic E-state index is 1.30. The fourth-order valence-corrected chi connectivity index (χ4v) is 6.06. The van der Waals surface area contributed by atoms with Crippen molar-refractivity contribution in [2.45, 2.75) is 0 Å². The Morgan fingerprint density at radius 2 is 0.852 bits per heavy atom. The van der Waals surface area contributed by atoms with E-state index in [-0.39, 0.29) is 0 Å². The van der Waals surface area contributed by atoms with Crippen molar-refractivity contribution in [1.82, 2.24) is 0 Å². The van der Waals surface area contributed by atoms with Crippen molar-refractivity contribution in [3.8, 4) is 0 Å². The van der Waals surface area contributed by atoms with E-state index in [4.69, 9.17) is 0 Å². The molecule has 0 spiro atoms. The molecule has 0 unspecified atom stereocenters. The summed E-state index contributed by atoms with van der Waals surface area (Å²) in [6.45, 7) is 0. The molecule has 0 fully saturated rings. The second-order valence-electron chi connectivity index (χ2n) is 6.33. The summed E-state index contributed by atoms with van der Waals surface area (Å²) in [5.41, 5.74) is 0. The van der Waals surface area contributed by atoms with Gasteiger partial charge in [0.15, 0.2) is 0 Å². The third-order valence-electron chi connectivity index (χ3n) is 4.62. The summed E-state index contributed by atoms with van der Waals surface area (Å²) in [7, 11) is 0. The van der Waals surface area contributed by atoms with Crippen LogP contribution in [0.5, 0.6) is 0 Å². The molecule has 0 bridgehead atoms. The van der Waals surface area contributed by atoms with Crippen molar-refractivity contribution in [1.29, 1.82) is 0 Å². The Kier molecular flexibility index (Phi) is 4.60. The molecule has 0 nitrogen and oxygen atoms in total. The molecule has 4 aromatic carbocycles. The standard InChI is InChI=1S/C12H7IS.C12H8S/c13-8-5-6-12-10(7-8)9-3-1-2-4-11(9)14-12;1-3-7-11-9(5-1)10-6-2-4-8-12(10)13-11/h1-7H;1-8H. The lowest BCUT2D eigenvalue weighted by atomic mass is 10.2. The van der Waals surface area contributed by atoms with E-state index < -0.39 is 0 Å². The average Bonchev–Trinajstić information content (AvgIpc) is 3.26. The topological polar surface area (TPSA) is 0 Å². The second-order valence-corrected chi connectivity index (χ2v) is 9.75. The van der Waals surface area contributed by atoms with E-state index in [0.29, 0.717) is 0 Å². The Hall–Kier alpha value is -1.95. The summed E-state index contributed by atoms with van der Waals surface area (Å²) >= 11 is 6.09. The van der Waals surface area contributed by atoms with Crippen LogP contribution in [0.4, 0.5) is 0 Å². The summed E-state index contributed by atoms with van der Waals surface area (Å²) in [5, 5.41) is 5.52.